The molecule has 2 aliphatic rings. The zero-order valence-electron chi connectivity index (χ0n) is 13.8. The molecule has 0 aromatic carbocycles. The molecule has 1 aromatic heterocycles. The zero-order chi connectivity index (χ0) is 17.2. The van der Waals surface area contributed by atoms with Crippen LogP contribution in [-0.4, -0.2) is 40.5 Å². The van der Waals surface area contributed by atoms with Gasteiger partial charge < -0.3 is 5.11 Å². The van der Waals surface area contributed by atoms with Crippen molar-refractivity contribution in [3.8, 4) is 0 Å². The van der Waals surface area contributed by atoms with Crippen molar-refractivity contribution >= 4 is 5.97 Å². The molecule has 1 aromatic rings. The lowest BCUT2D eigenvalue weighted by Gasteiger charge is -2.38. The summed E-state index contributed by atoms with van der Waals surface area (Å²) in [4.78, 5) is 18.1. The lowest BCUT2D eigenvalue weighted by Crippen LogP contribution is -2.45. The van der Waals surface area contributed by atoms with Gasteiger partial charge in [-0.05, 0) is 50.4 Å². The summed E-state index contributed by atoms with van der Waals surface area (Å²) in [7, 11) is 0. The highest BCUT2D eigenvalue weighted by molar-refractivity contribution is 5.74. The smallest absolute Gasteiger partial charge is 0.309 e. The number of alkyl halides is 2. The number of nitrogens with zero attached hydrogens (tertiary/aromatic N) is 2. The van der Waals surface area contributed by atoms with Crippen molar-refractivity contribution in [1.29, 1.82) is 0 Å². The highest BCUT2D eigenvalue weighted by Crippen LogP contribution is 2.38. The minimum absolute atomic E-state index is 0.278. The number of carboxylic acids is 1. The van der Waals surface area contributed by atoms with Gasteiger partial charge in [0.05, 0.1) is 5.41 Å². The van der Waals surface area contributed by atoms with Crippen molar-refractivity contribution < 1.29 is 18.7 Å². The molecule has 0 unspecified atom stereocenters. The SMILES string of the molecule is O=C(O)C1(CC(F)F)CCN(Cc2ccc(C3CCC3)nc2)CC1. The number of aliphatic carboxylic acids is 1. The first kappa shape index (κ1) is 17.3. The first-order chi connectivity index (χ1) is 11.5. The minimum atomic E-state index is -2.57. The average Bonchev–Trinajstić information content (AvgIpc) is 2.49. The third kappa shape index (κ3) is 3.74. The Morgan fingerprint density at radius 2 is 2.04 bits per heavy atom. The molecule has 132 valence electrons. The first-order valence-corrected chi connectivity index (χ1v) is 8.67. The van der Waals surface area contributed by atoms with E-state index in [0.717, 1.165) is 11.3 Å². The second-order valence-corrected chi connectivity index (χ2v) is 7.18. The summed E-state index contributed by atoms with van der Waals surface area (Å²) >= 11 is 0. The average molecular weight is 338 g/mol. The Balaban J connectivity index is 1.55. The maximum atomic E-state index is 12.7. The second-order valence-electron chi connectivity index (χ2n) is 7.18. The topological polar surface area (TPSA) is 53.4 Å². The van der Waals surface area contributed by atoms with E-state index in [1.165, 1.54) is 19.3 Å². The van der Waals surface area contributed by atoms with Crippen LogP contribution in [0.2, 0.25) is 0 Å². The van der Waals surface area contributed by atoms with Crippen molar-refractivity contribution in [3.63, 3.8) is 0 Å². The Hall–Kier alpha value is -1.56. The number of pyridine rings is 1. The van der Waals surface area contributed by atoms with E-state index in [2.05, 4.69) is 22.0 Å². The molecular formula is C18H24F2N2O2. The number of carbonyl (C=O) groups is 1. The number of hydrogen-bond acceptors (Lipinski definition) is 3. The standard InChI is InChI=1S/C18H24F2N2O2/c19-16(20)10-18(17(23)24)6-8-22(9-7-18)12-13-4-5-15(21-11-13)14-2-1-3-14/h4-5,11,14,16H,1-3,6-10,12H2,(H,23,24). The van der Waals surface area contributed by atoms with Gasteiger partial charge in [0.25, 0.3) is 0 Å². The van der Waals surface area contributed by atoms with Crippen LogP contribution in [0, 0.1) is 5.41 Å². The predicted molar refractivity (Wildman–Crippen MR) is 86.0 cm³/mol. The van der Waals surface area contributed by atoms with E-state index < -0.39 is 24.2 Å². The molecule has 24 heavy (non-hydrogen) atoms. The summed E-state index contributed by atoms with van der Waals surface area (Å²) in [6.07, 6.45) is 3.06. The summed E-state index contributed by atoms with van der Waals surface area (Å²) < 4.78 is 25.4. The van der Waals surface area contributed by atoms with Gasteiger partial charge in [-0.15, -0.1) is 0 Å². The molecule has 2 fully saturated rings. The molecule has 1 saturated heterocycles. The molecule has 0 atom stereocenters. The van der Waals surface area contributed by atoms with E-state index in [1.54, 1.807) is 0 Å². The number of hydrogen-bond donors (Lipinski definition) is 1. The fraction of sp³-hybridized carbons (Fsp3) is 0.667. The van der Waals surface area contributed by atoms with Crippen molar-refractivity contribution in [3.05, 3.63) is 29.6 Å². The molecule has 1 aliphatic carbocycles. The summed E-state index contributed by atoms with van der Waals surface area (Å²) in [6.45, 7) is 1.76. The van der Waals surface area contributed by atoms with Crippen molar-refractivity contribution in [2.45, 2.75) is 57.4 Å². The summed E-state index contributed by atoms with van der Waals surface area (Å²) in [5.41, 5.74) is 0.983. The van der Waals surface area contributed by atoms with E-state index in [1.807, 2.05) is 6.20 Å². The maximum Gasteiger partial charge on any atom is 0.309 e. The highest BCUT2D eigenvalue weighted by atomic mass is 19.3. The van der Waals surface area contributed by atoms with Gasteiger partial charge in [-0.1, -0.05) is 12.5 Å². The summed E-state index contributed by atoms with van der Waals surface area (Å²) in [5.74, 6) is -0.478. The van der Waals surface area contributed by atoms with E-state index in [4.69, 9.17) is 0 Å². The molecule has 2 heterocycles. The molecule has 0 radical (unpaired) electrons. The van der Waals surface area contributed by atoms with Gasteiger partial charge in [0.1, 0.15) is 0 Å². The Morgan fingerprint density at radius 1 is 1.33 bits per heavy atom. The predicted octanol–water partition coefficient (Wildman–Crippen LogP) is 3.67. The lowest BCUT2D eigenvalue weighted by atomic mass is 9.75. The van der Waals surface area contributed by atoms with Crippen LogP contribution in [0.5, 0.6) is 0 Å². The van der Waals surface area contributed by atoms with E-state index in [9.17, 15) is 18.7 Å². The quantitative estimate of drug-likeness (QED) is 0.860. The Labute approximate surface area is 140 Å². The highest BCUT2D eigenvalue weighted by Gasteiger charge is 2.43. The third-order valence-electron chi connectivity index (χ3n) is 5.59. The molecule has 6 heteroatoms. The third-order valence-corrected chi connectivity index (χ3v) is 5.59. The molecular weight excluding hydrogens is 314 g/mol. The van der Waals surface area contributed by atoms with Crippen LogP contribution in [-0.2, 0) is 11.3 Å². The van der Waals surface area contributed by atoms with E-state index >= 15 is 0 Å². The molecule has 0 spiro atoms. The van der Waals surface area contributed by atoms with Crippen LogP contribution in [0.4, 0.5) is 8.78 Å². The zero-order valence-corrected chi connectivity index (χ0v) is 13.8. The van der Waals surface area contributed by atoms with Gasteiger partial charge in [-0.25, -0.2) is 8.78 Å². The largest absolute Gasteiger partial charge is 0.481 e. The Bertz CT molecular complexity index is 565. The number of piperidine rings is 1. The molecule has 3 rings (SSSR count). The summed E-state index contributed by atoms with van der Waals surface area (Å²) in [5, 5.41) is 9.36. The van der Waals surface area contributed by atoms with Gasteiger partial charge in [0.2, 0.25) is 6.43 Å². The van der Waals surface area contributed by atoms with Gasteiger partial charge in [-0.3, -0.25) is 14.7 Å². The number of likely N-dealkylation sites (tertiary alicyclic amines) is 1. The fourth-order valence-corrected chi connectivity index (χ4v) is 3.67. The molecule has 0 amide bonds. The maximum absolute atomic E-state index is 12.7. The van der Waals surface area contributed by atoms with Gasteiger partial charge in [0, 0.05) is 30.8 Å². The lowest BCUT2D eigenvalue weighted by molar-refractivity contribution is -0.155. The van der Waals surface area contributed by atoms with E-state index in [-0.39, 0.29) is 12.8 Å². The normalized spacial score (nSPS) is 21.6. The summed E-state index contributed by atoms with van der Waals surface area (Å²) in [6, 6.07) is 4.17. The molecule has 1 saturated carbocycles. The Kier molecular flexibility index (Phi) is 5.13. The molecule has 0 bridgehead atoms. The number of carboxylic acid groups (broad SMARTS) is 1. The van der Waals surface area contributed by atoms with Crippen LogP contribution < -0.4 is 0 Å². The Morgan fingerprint density at radius 3 is 2.50 bits per heavy atom. The van der Waals surface area contributed by atoms with E-state index in [0.29, 0.717) is 25.6 Å². The number of halogens is 2. The molecule has 1 N–H and O–H groups in total. The van der Waals surface area contributed by atoms with Crippen LogP contribution in [0.25, 0.3) is 0 Å². The minimum Gasteiger partial charge on any atom is -0.481 e. The van der Waals surface area contributed by atoms with Gasteiger partial charge in [0.15, 0.2) is 0 Å². The fourth-order valence-electron chi connectivity index (χ4n) is 3.67. The van der Waals surface area contributed by atoms with Gasteiger partial charge in [-0.2, -0.15) is 0 Å². The molecule has 4 nitrogen and oxygen atoms in total. The molecule has 1 aliphatic heterocycles. The van der Waals surface area contributed by atoms with Crippen LogP contribution in [0.15, 0.2) is 18.3 Å². The van der Waals surface area contributed by atoms with Crippen LogP contribution in [0.3, 0.4) is 0 Å². The number of rotatable bonds is 6. The first-order valence-electron chi connectivity index (χ1n) is 8.67. The van der Waals surface area contributed by atoms with Crippen molar-refractivity contribution in [2.24, 2.45) is 5.41 Å². The number of aromatic nitrogens is 1. The monoisotopic (exact) mass is 338 g/mol. The van der Waals surface area contributed by atoms with Crippen LogP contribution >= 0.6 is 0 Å². The van der Waals surface area contributed by atoms with Crippen molar-refractivity contribution in [1.82, 2.24) is 9.88 Å². The second kappa shape index (κ2) is 7.13. The van der Waals surface area contributed by atoms with Crippen LogP contribution in [0.1, 0.15) is 55.7 Å². The van der Waals surface area contributed by atoms with Gasteiger partial charge >= 0.3 is 5.97 Å². The van der Waals surface area contributed by atoms with Crippen molar-refractivity contribution in [2.75, 3.05) is 13.1 Å².